The molecule has 0 aliphatic carbocycles. The molecule has 0 N–H and O–H groups in total. The summed E-state index contributed by atoms with van der Waals surface area (Å²) in [5.74, 6) is 1.79. The number of rotatable bonds is 8. The lowest BCUT2D eigenvalue weighted by Gasteiger charge is -2.09. The van der Waals surface area contributed by atoms with Gasteiger partial charge in [-0.3, -0.25) is 0 Å². The molecule has 0 unspecified atom stereocenters. The Morgan fingerprint density at radius 2 is 1.03 bits per heavy atom. The van der Waals surface area contributed by atoms with Crippen molar-refractivity contribution < 1.29 is 9.47 Å². The molecule has 5 heteroatoms. The van der Waals surface area contributed by atoms with Crippen molar-refractivity contribution in [1.82, 2.24) is 8.75 Å². The molecular weight excluding hydrogens is 380 g/mol. The minimum atomic E-state index is 0.733. The third-order valence-electron chi connectivity index (χ3n) is 4.69. The Morgan fingerprint density at radius 1 is 0.621 bits per heavy atom. The Bertz CT molecular complexity index is 987. The average Bonchev–Trinajstić information content (AvgIpc) is 3.26. The van der Waals surface area contributed by atoms with Gasteiger partial charge in [0.05, 0.1) is 24.9 Å². The topological polar surface area (TPSA) is 44.2 Å². The maximum atomic E-state index is 5.69. The van der Waals surface area contributed by atoms with Crippen LogP contribution in [0.4, 0.5) is 0 Å². The van der Waals surface area contributed by atoms with E-state index >= 15 is 0 Å². The summed E-state index contributed by atoms with van der Waals surface area (Å²) in [6.45, 7) is 5.68. The number of aromatic nitrogens is 2. The fourth-order valence-electron chi connectivity index (χ4n) is 3.23. The molecule has 0 aliphatic rings. The van der Waals surface area contributed by atoms with Crippen molar-refractivity contribution in [1.29, 1.82) is 0 Å². The number of hydrogen-bond acceptors (Lipinski definition) is 5. The van der Waals surface area contributed by atoms with E-state index in [0.717, 1.165) is 70.8 Å². The van der Waals surface area contributed by atoms with E-state index in [1.54, 1.807) is 0 Å². The highest BCUT2D eigenvalue weighted by Crippen LogP contribution is 2.35. The van der Waals surface area contributed by atoms with Crippen LogP contribution in [0, 0.1) is 0 Å². The van der Waals surface area contributed by atoms with Crippen LogP contribution in [0.15, 0.2) is 60.7 Å². The van der Waals surface area contributed by atoms with Crippen LogP contribution in [-0.2, 0) is 0 Å². The van der Waals surface area contributed by atoms with Crippen molar-refractivity contribution in [3.05, 3.63) is 60.7 Å². The highest BCUT2D eigenvalue weighted by molar-refractivity contribution is 7.00. The second kappa shape index (κ2) is 9.05. The van der Waals surface area contributed by atoms with Crippen LogP contribution in [0.2, 0.25) is 0 Å². The van der Waals surface area contributed by atoms with E-state index in [1.807, 2.05) is 24.3 Å². The van der Waals surface area contributed by atoms with Crippen LogP contribution in [0.5, 0.6) is 11.5 Å². The Hall–Kier alpha value is -2.92. The molecular formula is C24H24N2O2S. The van der Waals surface area contributed by atoms with Gasteiger partial charge in [-0.1, -0.05) is 50.2 Å². The standard InChI is InChI=1S/C24H24N2O2S/c1-3-15-27-19-9-5-17(6-10-19)21-13-14-22(24-23(21)25-29-26-24)18-7-11-20(12-8-18)28-16-4-2/h5-14H,3-4,15-16H2,1-2H3. The van der Waals surface area contributed by atoms with E-state index < -0.39 is 0 Å². The summed E-state index contributed by atoms with van der Waals surface area (Å²) in [5, 5.41) is 0. The number of nitrogens with zero attached hydrogens (tertiary/aromatic N) is 2. The van der Waals surface area contributed by atoms with Crippen LogP contribution in [0.3, 0.4) is 0 Å². The molecule has 3 aromatic carbocycles. The SMILES string of the molecule is CCCOc1ccc(-c2ccc(-c3ccc(OCCC)cc3)c3nsnc23)cc1. The largest absolute Gasteiger partial charge is 0.494 e. The van der Waals surface area contributed by atoms with E-state index in [1.165, 1.54) is 11.7 Å². The number of fused-ring (bicyclic) bond motifs is 1. The summed E-state index contributed by atoms with van der Waals surface area (Å²) >= 11 is 1.25. The van der Waals surface area contributed by atoms with E-state index in [0.29, 0.717) is 0 Å². The molecule has 0 fully saturated rings. The molecule has 0 aliphatic heterocycles. The van der Waals surface area contributed by atoms with Crippen molar-refractivity contribution in [3.63, 3.8) is 0 Å². The molecule has 29 heavy (non-hydrogen) atoms. The summed E-state index contributed by atoms with van der Waals surface area (Å²) in [7, 11) is 0. The van der Waals surface area contributed by atoms with E-state index in [-0.39, 0.29) is 0 Å². The second-order valence-corrected chi connectivity index (χ2v) is 7.40. The van der Waals surface area contributed by atoms with E-state index in [4.69, 9.17) is 9.47 Å². The van der Waals surface area contributed by atoms with E-state index in [9.17, 15) is 0 Å². The van der Waals surface area contributed by atoms with Gasteiger partial charge in [-0.25, -0.2) is 0 Å². The third-order valence-corrected chi connectivity index (χ3v) is 5.22. The number of hydrogen-bond donors (Lipinski definition) is 0. The summed E-state index contributed by atoms with van der Waals surface area (Å²) in [6, 6.07) is 20.6. The Morgan fingerprint density at radius 3 is 1.41 bits per heavy atom. The minimum absolute atomic E-state index is 0.733. The first-order valence-electron chi connectivity index (χ1n) is 10.0. The molecule has 148 valence electrons. The summed E-state index contributed by atoms with van der Waals surface area (Å²) in [4.78, 5) is 0. The lowest BCUT2D eigenvalue weighted by atomic mass is 9.98. The third kappa shape index (κ3) is 4.25. The van der Waals surface area contributed by atoms with Crippen molar-refractivity contribution in [3.8, 4) is 33.8 Å². The highest BCUT2D eigenvalue weighted by atomic mass is 32.1. The molecule has 0 atom stereocenters. The quantitative estimate of drug-likeness (QED) is 0.332. The molecule has 0 saturated heterocycles. The van der Waals surface area contributed by atoms with Gasteiger partial charge in [0.2, 0.25) is 0 Å². The predicted octanol–water partition coefficient (Wildman–Crippen LogP) is 6.60. The maximum absolute atomic E-state index is 5.69. The Kier molecular flexibility index (Phi) is 6.06. The monoisotopic (exact) mass is 404 g/mol. The smallest absolute Gasteiger partial charge is 0.119 e. The van der Waals surface area contributed by atoms with Gasteiger partial charge in [-0.2, -0.15) is 8.75 Å². The first-order valence-corrected chi connectivity index (χ1v) is 10.7. The zero-order chi connectivity index (χ0) is 20.1. The van der Waals surface area contributed by atoms with Gasteiger partial charge >= 0.3 is 0 Å². The molecule has 0 radical (unpaired) electrons. The lowest BCUT2D eigenvalue weighted by Crippen LogP contribution is -1.94. The summed E-state index contributed by atoms with van der Waals surface area (Å²) in [6.07, 6.45) is 2.00. The fourth-order valence-corrected chi connectivity index (χ4v) is 3.81. The molecule has 0 bridgehead atoms. The fraction of sp³-hybridized carbons (Fsp3) is 0.250. The van der Waals surface area contributed by atoms with Gasteiger partial charge in [-0.15, -0.1) is 0 Å². The van der Waals surface area contributed by atoms with E-state index in [2.05, 4.69) is 59.0 Å². The van der Waals surface area contributed by atoms with Gasteiger partial charge in [0.1, 0.15) is 22.5 Å². The number of benzene rings is 3. The first kappa shape index (κ1) is 19.4. The zero-order valence-corrected chi connectivity index (χ0v) is 17.5. The molecule has 4 rings (SSSR count). The maximum Gasteiger partial charge on any atom is 0.119 e. The predicted molar refractivity (Wildman–Crippen MR) is 120 cm³/mol. The molecule has 1 aromatic heterocycles. The van der Waals surface area contributed by atoms with Gasteiger partial charge in [0.25, 0.3) is 0 Å². The van der Waals surface area contributed by atoms with Crippen LogP contribution >= 0.6 is 11.7 Å². The van der Waals surface area contributed by atoms with Gasteiger partial charge in [0, 0.05) is 11.1 Å². The summed E-state index contributed by atoms with van der Waals surface area (Å²) in [5.41, 5.74) is 6.26. The van der Waals surface area contributed by atoms with Crippen LogP contribution < -0.4 is 9.47 Å². The highest BCUT2D eigenvalue weighted by Gasteiger charge is 2.13. The van der Waals surface area contributed by atoms with Gasteiger partial charge in [0.15, 0.2) is 0 Å². The molecule has 1 heterocycles. The minimum Gasteiger partial charge on any atom is -0.494 e. The molecule has 0 amide bonds. The van der Waals surface area contributed by atoms with Crippen molar-refractivity contribution in [2.75, 3.05) is 13.2 Å². The Balaban J connectivity index is 1.65. The van der Waals surface area contributed by atoms with Crippen molar-refractivity contribution in [2.24, 2.45) is 0 Å². The summed E-state index contributed by atoms with van der Waals surface area (Å²) < 4.78 is 20.6. The molecule has 0 spiro atoms. The zero-order valence-electron chi connectivity index (χ0n) is 16.7. The first-order chi connectivity index (χ1) is 14.3. The lowest BCUT2D eigenvalue weighted by molar-refractivity contribution is 0.317. The second-order valence-electron chi connectivity index (χ2n) is 6.87. The van der Waals surface area contributed by atoms with Crippen LogP contribution in [0.1, 0.15) is 26.7 Å². The number of ether oxygens (including phenoxy) is 2. The average molecular weight is 405 g/mol. The van der Waals surface area contributed by atoms with Gasteiger partial charge in [-0.05, 0) is 48.2 Å². The normalized spacial score (nSPS) is 11.0. The molecule has 4 nitrogen and oxygen atoms in total. The molecule has 4 aromatic rings. The van der Waals surface area contributed by atoms with Crippen molar-refractivity contribution >= 4 is 22.8 Å². The van der Waals surface area contributed by atoms with Crippen LogP contribution in [-0.4, -0.2) is 22.0 Å². The Labute approximate surface area is 175 Å². The molecule has 0 saturated carbocycles. The van der Waals surface area contributed by atoms with Gasteiger partial charge < -0.3 is 9.47 Å². The van der Waals surface area contributed by atoms with Crippen LogP contribution in [0.25, 0.3) is 33.3 Å². The van der Waals surface area contributed by atoms with Crippen molar-refractivity contribution in [2.45, 2.75) is 26.7 Å².